The van der Waals surface area contributed by atoms with Crippen molar-refractivity contribution < 1.29 is 9.50 Å². The third kappa shape index (κ3) is 3.81. The minimum atomic E-state index is -0.200. The summed E-state index contributed by atoms with van der Waals surface area (Å²) >= 11 is 0. The molecule has 0 radical (unpaired) electrons. The van der Waals surface area contributed by atoms with Gasteiger partial charge in [-0.25, -0.2) is 4.39 Å². The Morgan fingerprint density at radius 2 is 1.85 bits per heavy atom. The third-order valence-electron chi connectivity index (χ3n) is 3.29. The van der Waals surface area contributed by atoms with E-state index in [2.05, 4.69) is 5.32 Å². The Morgan fingerprint density at radius 1 is 1.15 bits per heavy atom. The summed E-state index contributed by atoms with van der Waals surface area (Å²) in [6.45, 7) is 4.75. The molecule has 2 aromatic rings. The maximum absolute atomic E-state index is 13.6. The van der Waals surface area contributed by atoms with Gasteiger partial charge in [-0.2, -0.15) is 0 Å². The lowest BCUT2D eigenvalue weighted by atomic mass is 9.97. The van der Waals surface area contributed by atoms with E-state index >= 15 is 0 Å². The van der Waals surface area contributed by atoms with Gasteiger partial charge >= 0.3 is 0 Å². The second-order valence-electron chi connectivity index (χ2n) is 5.04. The van der Waals surface area contributed by atoms with Crippen molar-refractivity contribution in [1.82, 2.24) is 5.32 Å². The topological polar surface area (TPSA) is 32.3 Å². The molecule has 0 saturated carbocycles. The van der Waals surface area contributed by atoms with Gasteiger partial charge in [0.1, 0.15) is 11.6 Å². The maximum Gasteiger partial charge on any atom is 0.123 e. The SMILES string of the molecule is CCNC(Cc1ccc(O)cc1)c1cc(C)cc(F)c1. The highest BCUT2D eigenvalue weighted by atomic mass is 19.1. The molecule has 20 heavy (non-hydrogen) atoms. The number of hydrogen-bond acceptors (Lipinski definition) is 2. The number of benzene rings is 2. The van der Waals surface area contributed by atoms with Crippen LogP contribution >= 0.6 is 0 Å². The van der Waals surface area contributed by atoms with Crippen molar-refractivity contribution in [2.75, 3.05) is 6.54 Å². The van der Waals surface area contributed by atoms with Crippen LogP contribution in [0, 0.1) is 12.7 Å². The van der Waals surface area contributed by atoms with E-state index in [1.807, 2.05) is 32.0 Å². The molecule has 3 heteroatoms. The summed E-state index contributed by atoms with van der Waals surface area (Å²) in [5.41, 5.74) is 2.99. The largest absolute Gasteiger partial charge is 0.508 e. The average Bonchev–Trinajstić information content (AvgIpc) is 2.39. The molecule has 0 spiro atoms. The first-order chi connectivity index (χ1) is 9.58. The molecule has 2 aromatic carbocycles. The first-order valence-corrected chi connectivity index (χ1v) is 6.87. The van der Waals surface area contributed by atoms with E-state index in [1.165, 1.54) is 6.07 Å². The lowest BCUT2D eigenvalue weighted by Gasteiger charge is -2.19. The van der Waals surface area contributed by atoms with Crippen LogP contribution < -0.4 is 5.32 Å². The molecule has 1 atom stereocenters. The van der Waals surface area contributed by atoms with Crippen molar-refractivity contribution in [2.45, 2.75) is 26.3 Å². The molecule has 0 aromatic heterocycles. The highest BCUT2D eigenvalue weighted by Crippen LogP contribution is 2.22. The van der Waals surface area contributed by atoms with E-state index in [-0.39, 0.29) is 17.6 Å². The molecule has 0 saturated heterocycles. The fourth-order valence-corrected chi connectivity index (χ4v) is 2.39. The Hall–Kier alpha value is -1.87. The summed E-state index contributed by atoms with van der Waals surface area (Å²) < 4.78 is 13.6. The molecule has 0 fully saturated rings. The maximum atomic E-state index is 13.6. The van der Waals surface area contributed by atoms with Gasteiger partial charge in [-0.05, 0) is 60.8 Å². The molecule has 0 heterocycles. The van der Waals surface area contributed by atoms with Crippen LogP contribution in [0.1, 0.15) is 29.7 Å². The molecule has 106 valence electrons. The number of rotatable bonds is 5. The van der Waals surface area contributed by atoms with Gasteiger partial charge in [0.2, 0.25) is 0 Å². The number of nitrogens with one attached hydrogen (secondary N) is 1. The van der Waals surface area contributed by atoms with E-state index in [0.29, 0.717) is 0 Å². The number of phenols is 1. The zero-order valence-electron chi connectivity index (χ0n) is 11.9. The van der Waals surface area contributed by atoms with E-state index in [0.717, 1.165) is 29.7 Å². The van der Waals surface area contributed by atoms with Crippen molar-refractivity contribution in [1.29, 1.82) is 0 Å². The molecule has 2 nitrogen and oxygen atoms in total. The molecule has 1 unspecified atom stereocenters. The first-order valence-electron chi connectivity index (χ1n) is 6.87. The molecule has 0 aliphatic heterocycles. The fourth-order valence-electron chi connectivity index (χ4n) is 2.39. The number of likely N-dealkylation sites (N-methyl/N-ethyl adjacent to an activating group) is 1. The van der Waals surface area contributed by atoms with Gasteiger partial charge in [0, 0.05) is 6.04 Å². The van der Waals surface area contributed by atoms with Crippen molar-refractivity contribution in [3.05, 3.63) is 65.0 Å². The van der Waals surface area contributed by atoms with E-state index in [4.69, 9.17) is 0 Å². The number of halogens is 1. The van der Waals surface area contributed by atoms with Crippen LogP contribution in [0.25, 0.3) is 0 Å². The smallest absolute Gasteiger partial charge is 0.123 e. The summed E-state index contributed by atoms with van der Waals surface area (Å²) in [5, 5.41) is 12.7. The van der Waals surface area contributed by atoms with Crippen molar-refractivity contribution in [2.24, 2.45) is 0 Å². The van der Waals surface area contributed by atoms with Gasteiger partial charge < -0.3 is 10.4 Å². The molecule has 2 rings (SSSR count). The normalized spacial score (nSPS) is 12.3. The van der Waals surface area contributed by atoms with E-state index in [1.54, 1.807) is 18.2 Å². The molecular weight excluding hydrogens is 253 g/mol. The van der Waals surface area contributed by atoms with Crippen molar-refractivity contribution >= 4 is 0 Å². The molecule has 0 aliphatic carbocycles. The second kappa shape index (κ2) is 6.53. The predicted molar refractivity (Wildman–Crippen MR) is 79.4 cm³/mol. The van der Waals surface area contributed by atoms with Crippen LogP contribution in [-0.2, 0) is 6.42 Å². The molecule has 2 N–H and O–H groups in total. The lowest BCUT2D eigenvalue weighted by Crippen LogP contribution is -2.23. The minimum absolute atomic E-state index is 0.0685. The third-order valence-corrected chi connectivity index (χ3v) is 3.29. The van der Waals surface area contributed by atoms with Gasteiger partial charge in [0.05, 0.1) is 0 Å². The Kier molecular flexibility index (Phi) is 4.74. The van der Waals surface area contributed by atoms with E-state index in [9.17, 15) is 9.50 Å². The van der Waals surface area contributed by atoms with Crippen LogP contribution in [0.5, 0.6) is 5.75 Å². The van der Waals surface area contributed by atoms with Gasteiger partial charge in [-0.3, -0.25) is 0 Å². The lowest BCUT2D eigenvalue weighted by molar-refractivity contribution is 0.474. The van der Waals surface area contributed by atoms with Gasteiger partial charge in [0.15, 0.2) is 0 Å². The van der Waals surface area contributed by atoms with Crippen LogP contribution in [0.2, 0.25) is 0 Å². The van der Waals surface area contributed by atoms with Gasteiger partial charge in [0.25, 0.3) is 0 Å². The zero-order chi connectivity index (χ0) is 14.5. The van der Waals surface area contributed by atoms with Gasteiger partial charge in [-0.1, -0.05) is 25.1 Å². The monoisotopic (exact) mass is 273 g/mol. The highest BCUT2D eigenvalue weighted by molar-refractivity contribution is 5.30. The van der Waals surface area contributed by atoms with Crippen LogP contribution in [0.4, 0.5) is 4.39 Å². The Balaban J connectivity index is 2.23. The van der Waals surface area contributed by atoms with Crippen LogP contribution in [0.3, 0.4) is 0 Å². The summed E-state index contributed by atoms with van der Waals surface area (Å²) in [4.78, 5) is 0. The standard InChI is InChI=1S/C17H20FNO/c1-3-19-17(10-13-4-6-16(20)7-5-13)14-8-12(2)9-15(18)11-14/h4-9,11,17,19-20H,3,10H2,1-2H3. The summed E-state index contributed by atoms with van der Waals surface area (Å²) in [7, 11) is 0. The average molecular weight is 273 g/mol. The Morgan fingerprint density at radius 3 is 2.45 bits per heavy atom. The fraction of sp³-hybridized carbons (Fsp3) is 0.294. The molecule has 0 aliphatic rings. The summed E-state index contributed by atoms with van der Waals surface area (Å²) in [6, 6.07) is 12.3. The van der Waals surface area contributed by atoms with Crippen LogP contribution in [0.15, 0.2) is 42.5 Å². The van der Waals surface area contributed by atoms with Crippen molar-refractivity contribution in [3.8, 4) is 5.75 Å². The Labute approximate surface area is 119 Å². The summed E-state index contributed by atoms with van der Waals surface area (Å²) in [6.07, 6.45) is 0.761. The van der Waals surface area contributed by atoms with Crippen LogP contribution in [-0.4, -0.2) is 11.7 Å². The number of phenolic OH excluding ortho intramolecular Hbond substituents is 1. The summed E-state index contributed by atoms with van der Waals surface area (Å²) in [5.74, 6) is 0.0592. The molecule has 0 amide bonds. The quantitative estimate of drug-likeness (QED) is 0.870. The number of aromatic hydroxyl groups is 1. The first kappa shape index (κ1) is 14.5. The molecule has 0 bridgehead atoms. The van der Waals surface area contributed by atoms with Crippen molar-refractivity contribution in [3.63, 3.8) is 0 Å². The number of aryl methyl sites for hydroxylation is 1. The minimum Gasteiger partial charge on any atom is -0.508 e. The van der Waals surface area contributed by atoms with E-state index < -0.39 is 0 Å². The Bertz CT molecular complexity index is 545. The highest BCUT2D eigenvalue weighted by Gasteiger charge is 2.12. The van der Waals surface area contributed by atoms with Gasteiger partial charge in [-0.15, -0.1) is 0 Å². The predicted octanol–water partition coefficient (Wildman–Crippen LogP) is 3.73. The second-order valence-corrected chi connectivity index (χ2v) is 5.04. The zero-order valence-corrected chi connectivity index (χ0v) is 11.9. The molecular formula is C17H20FNO. The number of hydrogen-bond donors (Lipinski definition) is 2.